The molecule has 2 N–H and O–H groups in total. The van der Waals surface area contributed by atoms with Gasteiger partial charge in [-0.1, -0.05) is 13.8 Å². The number of methoxy groups -OCH3 is 1. The molecule has 4 heteroatoms. The monoisotopic (exact) mass is 171 g/mol. The fraction of sp³-hybridized carbons (Fsp3) is 0.500. The summed E-state index contributed by atoms with van der Waals surface area (Å²) in [4.78, 5) is 21.5. The molecule has 0 heterocycles. The summed E-state index contributed by atoms with van der Waals surface area (Å²) in [5, 5.41) is 0. The number of carbonyl (C=O) groups is 2. The molecule has 0 rings (SSSR count). The average molecular weight is 171 g/mol. The number of nitrogens with two attached hydrogens (primary N) is 1. The topological polar surface area (TPSA) is 69.4 Å². The number of primary amides is 1. The van der Waals surface area contributed by atoms with Crippen molar-refractivity contribution in [2.75, 3.05) is 7.11 Å². The zero-order valence-corrected chi connectivity index (χ0v) is 7.46. The first kappa shape index (κ1) is 10.7. The predicted molar refractivity (Wildman–Crippen MR) is 44.1 cm³/mol. The zero-order valence-electron chi connectivity index (χ0n) is 7.46. The van der Waals surface area contributed by atoms with E-state index < -0.39 is 11.9 Å². The molecular formula is C8H13NO3. The van der Waals surface area contributed by atoms with E-state index >= 15 is 0 Å². The highest BCUT2D eigenvalue weighted by Gasteiger charge is 2.14. The van der Waals surface area contributed by atoms with E-state index in [1.54, 1.807) is 13.8 Å². The molecule has 12 heavy (non-hydrogen) atoms. The van der Waals surface area contributed by atoms with Crippen LogP contribution < -0.4 is 5.73 Å². The van der Waals surface area contributed by atoms with Crippen molar-refractivity contribution in [1.29, 1.82) is 0 Å². The van der Waals surface area contributed by atoms with Crippen LogP contribution in [0, 0.1) is 5.92 Å². The van der Waals surface area contributed by atoms with Crippen molar-refractivity contribution < 1.29 is 14.3 Å². The van der Waals surface area contributed by atoms with Gasteiger partial charge in [0.1, 0.15) is 0 Å². The van der Waals surface area contributed by atoms with E-state index in [2.05, 4.69) is 4.74 Å². The van der Waals surface area contributed by atoms with Crippen LogP contribution in [0.5, 0.6) is 0 Å². The Hall–Kier alpha value is -1.32. The maximum atomic E-state index is 11.0. The van der Waals surface area contributed by atoms with Crippen molar-refractivity contribution in [3.8, 4) is 0 Å². The van der Waals surface area contributed by atoms with Gasteiger partial charge in [-0.2, -0.15) is 0 Å². The van der Waals surface area contributed by atoms with Gasteiger partial charge in [0.2, 0.25) is 5.91 Å². The molecule has 0 radical (unpaired) electrons. The highest BCUT2D eigenvalue weighted by atomic mass is 16.5. The standard InChI is InChI=1S/C8H13NO3/c1-5(2)6(4-7(9)10)8(11)12-3/h4-5H,1-3H3,(H2,9,10)/b6-4-. The van der Waals surface area contributed by atoms with Crippen molar-refractivity contribution in [3.63, 3.8) is 0 Å². The lowest BCUT2D eigenvalue weighted by molar-refractivity contribution is -0.136. The second kappa shape index (κ2) is 4.54. The first-order valence-corrected chi connectivity index (χ1v) is 3.58. The molecule has 0 aromatic carbocycles. The lowest BCUT2D eigenvalue weighted by Crippen LogP contribution is -2.15. The molecule has 0 fully saturated rings. The third-order valence-electron chi connectivity index (χ3n) is 1.34. The van der Waals surface area contributed by atoms with E-state index in [0.717, 1.165) is 6.08 Å². The zero-order chi connectivity index (χ0) is 9.72. The Labute approximate surface area is 71.4 Å². The normalized spacial score (nSPS) is 11.5. The van der Waals surface area contributed by atoms with E-state index in [4.69, 9.17) is 5.73 Å². The molecule has 0 spiro atoms. The van der Waals surface area contributed by atoms with E-state index in [9.17, 15) is 9.59 Å². The third-order valence-corrected chi connectivity index (χ3v) is 1.34. The Balaban J connectivity index is 4.66. The molecule has 0 bridgehead atoms. The van der Waals surface area contributed by atoms with Gasteiger partial charge >= 0.3 is 5.97 Å². The average Bonchev–Trinajstić information content (AvgIpc) is 1.98. The Bertz CT molecular complexity index is 218. The molecular weight excluding hydrogens is 158 g/mol. The summed E-state index contributed by atoms with van der Waals surface area (Å²) in [6, 6.07) is 0. The molecule has 68 valence electrons. The van der Waals surface area contributed by atoms with Gasteiger partial charge in [0.05, 0.1) is 7.11 Å². The van der Waals surface area contributed by atoms with Gasteiger partial charge in [-0.05, 0) is 5.92 Å². The largest absolute Gasteiger partial charge is 0.466 e. The van der Waals surface area contributed by atoms with Crippen LogP contribution in [0.4, 0.5) is 0 Å². The highest BCUT2D eigenvalue weighted by molar-refractivity contribution is 5.97. The second-order valence-corrected chi connectivity index (χ2v) is 2.65. The summed E-state index contributed by atoms with van der Waals surface area (Å²) in [6.45, 7) is 3.57. The maximum absolute atomic E-state index is 11.0. The summed E-state index contributed by atoms with van der Waals surface area (Å²) in [7, 11) is 1.26. The fourth-order valence-electron chi connectivity index (χ4n) is 0.732. The van der Waals surface area contributed by atoms with Crippen molar-refractivity contribution in [3.05, 3.63) is 11.6 Å². The van der Waals surface area contributed by atoms with Crippen molar-refractivity contribution in [1.82, 2.24) is 0 Å². The summed E-state index contributed by atoms with van der Waals surface area (Å²) >= 11 is 0. The minimum absolute atomic E-state index is 0.0649. The van der Waals surface area contributed by atoms with Crippen molar-refractivity contribution in [2.24, 2.45) is 11.7 Å². The number of amides is 1. The Kier molecular flexibility index (Phi) is 4.04. The second-order valence-electron chi connectivity index (χ2n) is 2.65. The Morgan fingerprint density at radius 1 is 1.42 bits per heavy atom. The van der Waals surface area contributed by atoms with Crippen LogP contribution in [0.2, 0.25) is 0 Å². The quantitative estimate of drug-likeness (QED) is 0.488. The van der Waals surface area contributed by atoms with Gasteiger partial charge in [0.25, 0.3) is 0 Å². The lowest BCUT2D eigenvalue weighted by Gasteiger charge is -2.07. The summed E-state index contributed by atoms with van der Waals surface area (Å²) in [6.07, 6.45) is 1.09. The van der Waals surface area contributed by atoms with Gasteiger partial charge in [-0.25, -0.2) is 4.79 Å². The number of hydrogen-bond acceptors (Lipinski definition) is 3. The van der Waals surface area contributed by atoms with E-state index in [1.807, 2.05) is 0 Å². The molecule has 0 saturated carbocycles. The Morgan fingerprint density at radius 3 is 2.17 bits per heavy atom. The summed E-state index contributed by atoms with van der Waals surface area (Å²) < 4.78 is 4.46. The van der Waals surface area contributed by atoms with Crippen LogP contribution >= 0.6 is 0 Å². The Morgan fingerprint density at radius 2 is 1.92 bits per heavy atom. The smallest absolute Gasteiger partial charge is 0.334 e. The van der Waals surface area contributed by atoms with Crippen LogP contribution in [-0.2, 0) is 14.3 Å². The summed E-state index contributed by atoms with van der Waals surface area (Å²) in [5.41, 5.74) is 5.20. The van der Waals surface area contributed by atoms with Gasteiger partial charge in [-0.15, -0.1) is 0 Å². The van der Waals surface area contributed by atoms with Crippen LogP contribution in [0.1, 0.15) is 13.8 Å². The van der Waals surface area contributed by atoms with Crippen LogP contribution in [0.25, 0.3) is 0 Å². The molecule has 0 aliphatic carbocycles. The third kappa shape index (κ3) is 3.18. The van der Waals surface area contributed by atoms with Gasteiger partial charge < -0.3 is 10.5 Å². The lowest BCUT2D eigenvalue weighted by atomic mass is 10.0. The van der Waals surface area contributed by atoms with Crippen LogP contribution in [0.3, 0.4) is 0 Å². The van der Waals surface area contributed by atoms with Crippen molar-refractivity contribution >= 4 is 11.9 Å². The molecule has 0 aliphatic heterocycles. The van der Waals surface area contributed by atoms with E-state index in [0.29, 0.717) is 5.57 Å². The first-order chi connectivity index (χ1) is 5.49. The number of rotatable bonds is 3. The fourth-order valence-corrected chi connectivity index (χ4v) is 0.732. The SMILES string of the molecule is COC(=O)/C(=C\C(N)=O)C(C)C. The molecule has 0 aromatic heterocycles. The molecule has 0 aliphatic rings. The number of hydrogen-bond donors (Lipinski definition) is 1. The van der Waals surface area contributed by atoms with E-state index in [1.165, 1.54) is 7.11 Å². The van der Waals surface area contributed by atoms with Gasteiger partial charge in [0, 0.05) is 11.6 Å². The van der Waals surface area contributed by atoms with Gasteiger partial charge in [0.15, 0.2) is 0 Å². The molecule has 4 nitrogen and oxygen atoms in total. The van der Waals surface area contributed by atoms with Crippen LogP contribution in [-0.4, -0.2) is 19.0 Å². The summed E-state index contributed by atoms with van der Waals surface area (Å²) in [5.74, 6) is -1.21. The van der Waals surface area contributed by atoms with Crippen LogP contribution in [0.15, 0.2) is 11.6 Å². The predicted octanol–water partition coefficient (Wildman–Crippen LogP) is 0.227. The molecule has 0 aromatic rings. The molecule has 0 saturated heterocycles. The number of esters is 1. The number of carbonyl (C=O) groups excluding carboxylic acids is 2. The van der Waals surface area contributed by atoms with E-state index in [-0.39, 0.29) is 5.92 Å². The van der Waals surface area contributed by atoms with Gasteiger partial charge in [-0.3, -0.25) is 4.79 Å². The minimum Gasteiger partial charge on any atom is -0.466 e. The maximum Gasteiger partial charge on any atom is 0.334 e. The minimum atomic E-state index is -0.635. The highest BCUT2D eigenvalue weighted by Crippen LogP contribution is 2.10. The van der Waals surface area contributed by atoms with Crippen molar-refractivity contribution in [2.45, 2.75) is 13.8 Å². The first-order valence-electron chi connectivity index (χ1n) is 3.58. The molecule has 0 atom stereocenters. The number of ether oxygens (including phenoxy) is 1. The molecule has 0 unspecified atom stereocenters. The molecule has 1 amide bonds.